The van der Waals surface area contributed by atoms with Crippen LogP contribution >= 0.6 is 0 Å². The smallest absolute Gasteiger partial charge is 0.255 e. The number of hydrogen-bond acceptors (Lipinski definition) is 5. The van der Waals surface area contributed by atoms with Crippen LogP contribution in [0.3, 0.4) is 0 Å². The van der Waals surface area contributed by atoms with Crippen LogP contribution in [0.1, 0.15) is 38.4 Å². The molecule has 180 valence electrons. The van der Waals surface area contributed by atoms with Gasteiger partial charge in [0.25, 0.3) is 5.91 Å². The third kappa shape index (κ3) is 4.91. The van der Waals surface area contributed by atoms with Crippen LogP contribution in [-0.4, -0.2) is 54.7 Å². The van der Waals surface area contributed by atoms with Crippen LogP contribution in [0.2, 0.25) is 0 Å². The maximum atomic E-state index is 13.2. The molecule has 9 heteroatoms. The quantitative estimate of drug-likeness (QED) is 0.581. The number of aryl methyl sites for hydroxylation is 3. The van der Waals surface area contributed by atoms with Gasteiger partial charge < -0.3 is 10.1 Å². The molecule has 0 unspecified atom stereocenters. The van der Waals surface area contributed by atoms with Crippen LogP contribution < -0.4 is 5.32 Å². The number of aromatic nitrogens is 2. The number of sulfonamides is 1. The third-order valence-corrected chi connectivity index (χ3v) is 8.22. The van der Waals surface area contributed by atoms with E-state index in [4.69, 9.17) is 4.74 Å². The van der Waals surface area contributed by atoms with Gasteiger partial charge in [-0.2, -0.15) is 9.40 Å². The lowest BCUT2D eigenvalue weighted by Gasteiger charge is -2.26. The largest absolute Gasteiger partial charge is 0.379 e. The molecule has 1 aliphatic heterocycles. The van der Waals surface area contributed by atoms with E-state index in [-0.39, 0.29) is 10.8 Å². The van der Waals surface area contributed by atoms with Crippen molar-refractivity contribution in [2.75, 3.05) is 31.6 Å². The van der Waals surface area contributed by atoms with Crippen LogP contribution in [0.4, 0.5) is 5.69 Å². The highest BCUT2D eigenvalue weighted by Gasteiger charge is 2.32. The zero-order chi connectivity index (χ0) is 24.5. The van der Waals surface area contributed by atoms with Gasteiger partial charge in [0.1, 0.15) is 4.90 Å². The van der Waals surface area contributed by atoms with Crippen LogP contribution in [-0.2, 0) is 21.3 Å². The molecule has 3 aromatic rings. The number of carbonyl (C=O) groups excluding carboxylic acids is 1. The Bertz CT molecular complexity index is 1310. The molecular weight excluding hydrogens is 452 g/mol. The lowest BCUT2D eigenvalue weighted by atomic mass is 10.1. The molecule has 1 amide bonds. The van der Waals surface area contributed by atoms with Crippen molar-refractivity contribution in [3.63, 3.8) is 0 Å². The molecular formula is C25H30N4O4S. The highest BCUT2D eigenvalue weighted by atomic mass is 32.2. The average molecular weight is 483 g/mol. The normalized spacial score (nSPS) is 14.8. The Hall–Kier alpha value is -3.01. The summed E-state index contributed by atoms with van der Waals surface area (Å²) in [7, 11) is -3.63. The minimum absolute atomic E-state index is 0.176. The van der Waals surface area contributed by atoms with Gasteiger partial charge in [0.15, 0.2) is 0 Å². The highest BCUT2D eigenvalue weighted by Crippen LogP contribution is 2.25. The number of nitrogens with zero attached hydrogens (tertiary/aromatic N) is 3. The topological polar surface area (TPSA) is 93.5 Å². The highest BCUT2D eigenvalue weighted by molar-refractivity contribution is 7.89. The first-order valence-electron chi connectivity index (χ1n) is 11.3. The zero-order valence-electron chi connectivity index (χ0n) is 20.0. The van der Waals surface area contributed by atoms with E-state index in [0.717, 1.165) is 22.4 Å². The Morgan fingerprint density at radius 3 is 2.38 bits per heavy atom. The average Bonchev–Trinajstić information content (AvgIpc) is 3.10. The Morgan fingerprint density at radius 1 is 1.03 bits per heavy atom. The van der Waals surface area contributed by atoms with Crippen molar-refractivity contribution < 1.29 is 17.9 Å². The molecule has 0 radical (unpaired) electrons. The number of anilines is 1. The summed E-state index contributed by atoms with van der Waals surface area (Å²) in [6.45, 7) is 9.33. The van der Waals surface area contributed by atoms with Crippen LogP contribution in [0.25, 0.3) is 0 Å². The van der Waals surface area contributed by atoms with E-state index in [1.165, 1.54) is 4.31 Å². The summed E-state index contributed by atoms with van der Waals surface area (Å²) in [6.07, 6.45) is 0. The summed E-state index contributed by atoms with van der Waals surface area (Å²) in [6, 6.07) is 13.2. The first-order valence-corrected chi connectivity index (χ1v) is 12.7. The van der Waals surface area contributed by atoms with E-state index in [9.17, 15) is 13.2 Å². The van der Waals surface area contributed by atoms with Crippen molar-refractivity contribution in [1.29, 1.82) is 0 Å². The fourth-order valence-electron chi connectivity index (χ4n) is 4.12. The predicted molar refractivity (Wildman–Crippen MR) is 131 cm³/mol. The van der Waals surface area contributed by atoms with Gasteiger partial charge in [-0.25, -0.2) is 8.42 Å². The molecule has 0 saturated carbocycles. The van der Waals surface area contributed by atoms with E-state index in [1.54, 1.807) is 30.7 Å². The molecule has 1 saturated heterocycles. The SMILES string of the molecule is Cc1ccc(C)c(NC(=O)c2ccc(Cn3nc(C)c(S(=O)(=O)N4CCOCC4)c3C)cc2)c1. The van der Waals surface area contributed by atoms with Crippen LogP contribution in [0, 0.1) is 27.7 Å². The Morgan fingerprint density at radius 2 is 1.71 bits per heavy atom. The van der Waals surface area contributed by atoms with Crippen molar-refractivity contribution >= 4 is 21.6 Å². The fraction of sp³-hybridized carbons (Fsp3) is 0.360. The molecule has 4 rings (SSSR count). The monoisotopic (exact) mass is 482 g/mol. The molecule has 0 spiro atoms. The molecule has 0 bridgehead atoms. The number of hydrogen-bond donors (Lipinski definition) is 1. The molecule has 1 fully saturated rings. The molecule has 34 heavy (non-hydrogen) atoms. The van der Waals surface area contributed by atoms with Crippen molar-refractivity contribution in [3.8, 4) is 0 Å². The number of rotatable bonds is 6. The second-order valence-electron chi connectivity index (χ2n) is 8.64. The number of nitrogens with one attached hydrogen (secondary N) is 1. The molecule has 1 aliphatic rings. The molecule has 2 heterocycles. The van der Waals surface area contributed by atoms with Crippen LogP contribution in [0.5, 0.6) is 0 Å². The zero-order valence-corrected chi connectivity index (χ0v) is 20.8. The maximum absolute atomic E-state index is 13.2. The van der Waals surface area contributed by atoms with Gasteiger partial charge in [0, 0.05) is 24.3 Å². The molecule has 8 nitrogen and oxygen atoms in total. The van der Waals surface area contributed by atoms with E-state index < -0.39 is 10.0 Å². The van der Waals surface area contributed by atoms with E-state index >= 15 is 0 Å². The lowest BCUT2D eigenvalue weighted by Crippen LogP contribution is -2.41. The van der Waals surface area contributed by atoms with E-state index in [1.807, 2.05) is 44.2 Å². The first-order chi connectivity index (χ1) is 16.2. The van der Waals surface area contributed by atoms with Crippen molar-refractivity contribution in [3.05, 3.63) is 76.1 Å². The van der Waals surface area contributed by atoms with Gasteiger partial charge in [-0.3, -0.25) is 9.48 Å². The van der Waals surface area contributed by atoms with Crippen LogP contribution in [0.15, 0.2) is 47.4 Å². The van der Waals surface area contributed by atoms with Gasteiger partial charge in [-0.15, -0.1) is 0 Å². The van der Waals surface area contributed by atoms with Crippen molar-refractivity contribution in [2.45, 2.75) is 39.1 Å². The predicted octanol–water partition coefficient (Wildman–Crippen LogP) is 3.44. The summed E-state index contributed by atoms with van der Waals surface area (Å²) >= 11 is 0. The molecule has 0 aliphatic carbocycles. The molecule has 0 atom stereocenters. The van der Waals surface area contributed by atoms with Gasteiger partial charge >= 0.3 is 0 Å². The first kappa shape index (κ1) is 24.1. The second-order valence-corrected chi connectivity index (χ2v) is 10.5. The summed E-state index contributed by atoms with van der Waals surface area (Å²) in [5, 5.41) is 7.47. The fourth-order valence-corrected chi connectivity index (χ4v) is 5.90. The second kappa shape index (κ2) is 9.69. The Labute approximate surface area is 200 Å². The summed E-state index contributed by atoms with van der Waals surface area (Å²) in [4.78, 5) is 13.0. The van der Waals surface area contributed by atoms with Gasteiger partial charge in [-0.1, -0.05) is 24.3 Å². The molecule has 1 N–H and O–H groups in total. The number of benzene rings is 2. The number of morpholine rings is 1. The van der Waals surface area contributed by atoms with Crippen molar-refractivity contribution in [2.24, 2.45) is 0 Å². The Kier molecular flexibility index (Phi) is 6.88. The molecule has 1 aromatic heterocycles. The standard InChI is InChI=1S/C25H30N4O4S/c1-17-5-6-18(2)23(15-17)26-25(30)22-9-7-21(8-10-22)16-29-20(4)24(19(3)27-29)34(31,32)28-11-13-33-14-12-28/h5-10,15H,11-14,16H2,1-4H3,(H,26,30). The lowest BCUT2D eigenvalue weighted by molar-refractivity contribution is 0.0730. The summed E-state index contributed by atoms with van der Waals surface area (Å²) in [5.74, 6) is -0.176. The van der Waals surface area contributed by atoms with Gasteiger partial charge in [-0.05, 0) is 62.6 Å². The van der Waals surface area contributed by atoms with E-state index in [2.05, 4.69) is 10.4 Å². The Balaban J connectivity index is 1.50. The van der Waals surface area contributed by atoms with Crippen molar-refractivity contribution in [1.82, 2.24) is 14.1 Å². The summed E-state index contributed by atoms with van der Waals surface area (Å²) in [5.41, 5.74) is 5.43. The maximum Gasteiger partial charge on any atom is 0.255 e. The number of carbonyl (C=O) groups is 1. The summed E-state index contributed by atoms with van der Waals surface area (Å²) < 4.78 is 34.8. The minimum atomic E-state index is -3.63. The van der Waals surface area contributed by atoms with Gasteiger partial charge in [0.05, 0.1) is 31.1 Å². The number of amides is 1. The van der Waals surface area contributed by atoms with E-state index in [0.29, 0.717) is 49.8 Å². The van der Waals surface area contributed by atoms with Gasteiger partial charge in [0.2, 0.25) is 10.0 Å². The molecule has 2 aromatic carbocycles. The number of ether oxygens (including phenoxy) is 1. The third-order valence-electron chi connectivity index (χ3n) is 6.07. The minimum Gasteiger partial charge on any atom is -0.379 e.